The van der Waals surface area contributed by atoms with Gasteiger partial charge in [-0.1, -0.05) is 6.42 Å². The average molecular weight is 363 g/mol. The molecule has 2 aliphatic rings. The molecule has 25 heavy (non-hydrogen) atoms. The summed E-state index contributed by atoms with van der Waals surface area (Å²) in [7, 11) is 1.73. The van der Waals surface area contributed by atoms with E-state index in [0.29, 0.717) is 32.2 Å². The lowest BCUT2D eigenvalue weighted by atomic mass is 10.0. The lowest BCUT2D eigenvalue weighted by Crippen LogP contribution is -2.57. The van der Waals surface area contributed by atoms with Crippen LogP contribution in [0.15, 0.2) is 4.99 Å². The van der Waals surface area contributed by atoms with E-state index in [1.54, 1.807) is 7.05 Å². The molecule has 0 spiro atoms. The number of hydrogen-bond donors (Lipinski definition) is 1. The summed E-state index contributed by atoms with van der Waals surface area (Å²) in [5.41, 5.74) is 0. The smallest absolute Gasteiger partial charge is 0.355 e. The minimum atomic E-state index is -4.16. The molecule has 2 atom stereocenters. The maximum Gasteiger partial charge on any atom is 0.403 e. The molecule has 0 radical (unpaired) electrons. The molecule has 1 N–H and O–H groups in total. The van der Waals surface area contributed by atoms with Crippen molar-refractivity contribution in [1.82, 2.24) is 20.0 Å². The standard InChI is InChI=1S/C17H32F3N5/c1-14-6-4-5-8-23(14)9-7-22-16(21-3)25-12-10-24(11-13-25)15(2)17(18,19)20/h14-15H,4-13H2,1-3H3,(H,21,22). The number of piperidine rings is 1. The van der Waals surface area contributed by atoms with Gasteiger partial charge in [0.2, 0.25) is 0 Å². The predicted octanol–water partition coefficient (Wildman–Crippen LogP) is 2.00. The summed E-state index contributed by atoms with van der Waals surface area (Å²) in [6, 6.07) is -0.754. The fraction of sp³-hybridized carbons (Fsp3) is 0.941. The first-order valence-electron chi connectivity index (χ1n) is 9.33. The highest BCUT2D eigenvalue weighted by molar-refractivity contribution is 5.80. The Balaban J connectivity index is 1.75. The van der Waals surface area contributed by atoms with Crippen molar-refractivity contribution in [2.75, 3.05) is 52.9 Å². The van der Waals surface area contributed by atoms with Crippen LogP contribution in [-0.4, -0.2) is 91.8 Å². The third-order valence-corrected chi connectivity index (χ3v) is 5.47. The molecule has 2 aliphatic heterocycles. The van der Waals surface area contributed by atoms with E-state index >= 15 is 0 Å². The number of nitrogens with one attached hydrogen (secondary N) is 1. The Morgan fingerprint density at radius 1 is 1.16 bits per heavy atom. The first-order valence-corrected chi connectivity index (χ1v) is 9.33. The monoisotopic (exact) mass is 363 g/mol. The third-order valence-electron chi connectivity index (χ3n) is 5.47. The van der Waals surface area contributed by atoms with E-state index in [1.165, 1.54) is 31.1 Å². The van der Waals surface area contributed by atoms with Crippen LogP contribution in [0.5, 0.6) is 0 Å². The number of piperazine rings is 1. The Kier molecular flexibility index (Phi) is 7.37. The normalized spacial score (nSPS) is 25.9. The van der Waals surface area contributed by atoms with Crippen molar-refractivity contribution < 1.29 is 13.2 Å². The first kappa shape index (κ1) is 20.3. The van der Waals surface area contributed by atoms with E-state index in [1.807, 2.05) is 0 Å². The summed E-state index contributed by atoms with van der Waals surface area (Å²) < 4.78 is 38.5. The van der Waals surface area contributed by atoms with Crippen LogP contribution in [-0.2, 0) is 0 Å². The summed E-state index contributed by atoms with van der Waals surface area (Å²) in [4.78, 5) is 10.4. The van der Waals surface area contributed by atoms with E-state index in [9.17, 15) is 13.2 Å². The fourth-order valence-corrected chi connectivity index (χ4v) is 3.66. The van der Waals surface area contributed by atoms with Gasteiger partial charge in [-0.2, -0.15) is 13.2 Å². The number of rotatable bonds is 4. The molecule has 0 aromatic carbocycles. The second kappa shape index (κ2) is 9.07. The zero-order valence-corrected chi connectivity index (χ0v) is 15.6. The molecule has 2 unspecified atom stereocenters. The van der Waals surface area contributed by atoms with E-state index in [-0.39, 0.29) is 0 Å². The van der Waals surface area contributed by atoms with Gasteiger partial charge in [-0.05, 0) is 33.2 Å². The molecule has 8 heteroatoms. The van der Waals surface area contributed by atoms with E-state index in [2.05, 4.69) is 27.0 Å². The molecule has 146 valence electrons. The summed E-state index contributed by atoms with van der Waals surface area (Å²) in [6.45, 7) is 8.41. The molecule has 5 nitrogen and oxygen atoms in total. The number of guanidine groups is 1. The SMILES string of the molecule is CN=C(NCCN1CCCCC1C)N1CCN(C(C)C(F)(F)F)CC1. The Labute approximate surface area is 149 Å². The first-order chi connectivity index (χ1) is 11.8. The van der Waals surface area contributed by atoms with Gasteiger partial charge in [0, 0.05) is 52.4 Å². The van der Waals surface area contributed by atoms with Crippen molar-refractivity contribution in [1.29, 1.82) is 0 Å². The van der Waals surface area contributed by atoms with Gasteiger partial charge in [0.05, 0.1) is 0 Å². The van der Waals surface area contributed by atoms with Gasteiger partial charge >= 0.3 is 6.18 Å². The van der Waals surface area contributed by atoms with Crippen molar-refractivity contribution in [2.45, 2.75) is 51.4 Å². The molecule has 2 rings (SSSR count). The van der Waals surface area contributed by atoms with Gasteiger partial charge in [0.25, 0.3) is 0 Å². The predicted molar refractivity (Wildman–Crippen MR) is 94.9 cm³/mol. The van der Waals surface area contributed by atoms with Crippen LogP contribution in [0.1, 0.15) is 33.1 Å². The molecule has 2 fully saturated rings. The molecule has 0 aliphatic carbocycles. The molecule has 2 heterocycles. The van der Waals surface area contributed by atoms with Crippen LogP contribution >= 0.6 is 0 Å². The van der Waals surface area contributed by atoms with Crippen molar-refractivity contribution >= 4 is 5.96 Å². The number of nitrogens with zero attached hydrogens (tertiary/aromatic N) is 4. The van der Waals surface area contributed by atoms with Crippen LogP contribution in [0.25, 0.3) is 0 Å². The highest BCUT2D eigenvalue weighted by Gasteiger charge is 2.41. The largest absolute Gasteiger partial charge is 0.403 e. The number of alkyl halides is 3. The maximum absolute atomic E-state index is 12.8. The summed E-state index contributed by atoms with van der Waals surface area (Å²) in [5, 5.41) is 3.37. The summed E-state index contributed by atoms with van der Waals surface area (Å²) in [5.74, 6) is 0.795. The quantitative estimate of drug-likeness (QED) is 0.612. The summed E-state index contributed by atoms with van der Waals surface area (Å²) in [6.07, 6.45) is -0.326. The Bertz CT molecular complexity index is 432. The van der Waals surface area contributed by atoms with Crippen LogP contribution < -0.4 is 5.32 Å². The molecule has 0 aromatic rings. The molecule has 0 saturated carbocycles. The van der Waals surface area contributed by atoms with Crippen molar-refractivity contribution in [3.05, 3.63) is 0 Å². The minimum absolute atomic E-state index is 0.407. The Morgan fingerprint density at radius 3 is 2.40 bits per heavy atom. The lowest BCUT2D eigenvalue weighted by Gasteiger charge is -2.40. The van der Waals surface area contributed by atoms with Gasteiger partial charge in [-0.25, -0.2) is 0 Å². The van der Waals surface area contributed by atoms with Crippen LogP contribution in [0.4, 0.5) is 13.2 Å². The van der Waals surface area contributed by atoms with Gasteiger partial charge in [-0.15, -0.1) is 0 Å². The maximum atomic E-state index is 12.8. The van der Waals surface area contributed by atoms with Gasteiger partial charge in [0.1, 0.15) is 6.04 Å². The second-order valence-electron chi connectivity index (χ2n) is 7.10. The van der Waals surface area contributed by atoms with Crippen LogP contribution in [0.2, 0.25) is 0 Å². The number of likely N-dealkylation sites (tertiary alicyclic amines) is 1. The van der Waals surface area contributed by atoms with Gasteiger partial charge < -0.3 is 10.2 Å². The molecular weight excluding hydrogens is 331 g/mol. The topological polar surface area (TPSA) is 34.1 Å². The van der Waals surface area contributed by atoms with E-state index in [0.717, 1.165) is 25.6 Å². The Morgan fingerprint density at radius 2 is 1.84 bits per heavy atom. The molecule has 0 amide bonds. The third kappa shape index (κ3) is 5.74. The highest BCUT2D eigenvalue weighted by Crippen LogP contribution is 2.25. The lowest BCUT2D eigenvalue weighted by molar-refractivity contribution is -0.181. The van der Waals surface area contributed by atoms with Crippen molar-refractivity contribution in [2.24, 2.45) is 4.99 Å². The summed E-state index contributed by atoms with van der Waals surface area (Å²) >= 11 is 0. The zero-order valence-electron chi connectivity index (χ0n) is 15.6. The van der Waals surface area contributed by atoms with E-state index < -0.39 is 12.2 Å². The minimum Gasteiger partial charge on any atom is -0.355 e. The molecule has 2 saturated heterocycles. The number of hydrogen-bond acceptors (Lipinski definition) is 3. The molecular formula is C17H32F3N5. The van der Waals surface area contributed by atoms with Gasteiger partial charge in [-0.3, -0.25) is 14.8 Å². The highest BCUT2D eigenvalue weighted by atomic mass is 19.4. The fourth-order valence-electron chi connectivity index (χ4n) is 3.66. The average Bonchev–Trinajstić information content (AvgIpc) is 2.59. The van der Waals surface area contributed by atoms with E-state index in [4.69, 9.17) is 0 Å². The molecule has 0 aromatic heterocycles. The van der Waals surface area contributed by atoms with Crippen LogP contribution in [0.3, 0.4) is 0 Å². The van der Waals surface area contributed by atoms with Crippen molar-refractivity contribution in [3.63, 3.8) is 0 Å². The van der Waals surface area contributed by atoms with Crippen molar-refractivity contribution in [3.8, 4) is 0 Å². The number of aliphatic imine (C=N–C) groups is 1. The Hall–Kier alpha value is -1.02. The zero-order chi connectivity index (χ0) is 18.4. The molecule has 0 bridgehead atoms. The number of halogens is 3. The van der Waals surface area contributed by atoms with Gasteiger partial charge in [0.15, 0.2) is 5.96 Å². The van der Waals surface area contributed by atoms with Crippen LogP contribution in [0, 0.1) is 0 Å². The second-order valence-corrected chi connectivity index (χ2v) is 7.10.